The highest BCUT2D eigenvalue weighted by atomic mass is 19.1. The summed E-state index contributed by atoms with van der Waals surface area (Å²) in [5.41, 5.74) is 1.85. The summed E-state index contributed by atoms with van der Waals surface area (Å²) < 4.78 is 18.0. The molecule has 4 nitrogen and oxygen atoms in total. The third-order valence-corrected chi connectivity index (χ3v) is 3.32. The van der Waals surface area contributed by atoms with E-state index in [1.165, 1.54) is 12.1 Å². The van der Waals surface area contributed by atoms with Crippen molar-refractivity contribution in [1.82, 2.24) is 0 Å². The Morgan fingerprint density at radius 1 is 1.35 bits per heavy atom. The zero-order chi connectivity index (χ0) is 14.5. The summed E-state index contributed by atoms with van der Waals surface area (Å²) in [5.74, 6) is -0.682. The molecule has 0 unspecified atom stereocenters. The molecule has 1 aliphatic rings. The van der Waals surface area contributed by atoms with E-state index < -0.39 is 0 Å². The van der Waals surface area contributed by atoms with Gasteiger partial charge < -0.3 is 9.64 Å². The molecule has 5 heteroatoms. The molecule has 1 aromatic rings. The maximum atomic E-state index is 13.2. The summed E-state index contributed by atoms with van der Waals surface area (Å²) in [6.07, 6.45) is 1.09. The van der Waals surface area contributed by atoms with Gasteiger partial charge in [0.15, 0.2) is 5.78 Å². The molecule has 0 atom stereocenters. The van der Waals surface area contributed by atoms with Crippen molar-refractivity contribution >= 4 is 17.4 Å². The molecule has 0 saturated heterocycles. The number of ketones is 1. The number of nitrogens with zero attached hydrogens (tertiary/aromatic N) is 1. The molecule has 1 aromatic carbocycles. The fourth-order valence-electron chi connectivity index (χ4n) is 2.35. The summed E-state index contributed by atoms with van der Waals surface area (Å²) >= 11 is 0. The van der Waals surface area contributed by atoms with Crippen LogP contribution in [0.5, 0.6) is 0 Å². The first-order chi connectivity index (χ1) is 9.60. The minimum atomic E-state index is -0.353. The van der Waals surface area contributed by atoms with Crippen LogP contribution in [0.1, 0.15) is 25.3 Å². The van der Waals surface area contributed by atoms with Gasteiger partial charge in [0.25, 0.3) is 0 Å². The SMILES string of the molecule is CCOC(=O)CCC(=O)CN1CCc2ccc(F)cc21. The van der Waals surface area contributed by atoms with Gasteiger partial charge in [-0.2, -0.15) is 0 Å². The Morgan fingerprint density at radius 3 is 2.90 bits per heavy atom. The standard InChI is InChI=1S/C15H18FNO3/c1-2-20-15(19)6-5-13(18)10-17-8-7-11-3-4-12(16)9-14(11)17/h3-4,9H,2,5-8,10H2,1H3. The molecule has 108 valence electrons. The van der Waals surface area contributed by atoms with E-state index in [0.29, 0.717) is 13.2 Å². The number of carbonyl (C=O) groups is 2. The lowest BCUT2D eigenvalue weighted by Gasteiger charge is -2.18. The van der Waals surface area contributed by atoms with E-state index >= 15 is 0 Å². The number of ether oxygens (including phenoxy) is 1. The van der Waals surface area contributed by atoms with Crippen LogP contribution in [0.2, 0.25) is 0 Å². The fraction of sp³-hybridized carbons (Fsp3) is 0.467. The van der Waals surface area contributed by atoms with Crippen LogP contribution in [0.3, 0.4) is 0 Å². The number of halogens is 1. The van der Waals surface area contributed by atoms with Crippen LogP contribution in [0.4, 0.5) is 10.1 Å². The molecule has 0 radical (unpaired) electrons. The number of hydrogen-bond acceptors (Lipinski definition) is 4. The second-order valence-electron chi connectivity index (χ2n) is 4.79. The van der Waals surface area contributed by atoms with Crippen molar-refractivity contribution in [3.05, 3.63) is 29.6 Å². The number of esters is 1. The van der Waals surface area contributed by atoms with Crippen LogP contribution >= 0.6 is 0 Å². The third kappa shape index (κ3) is 3.56. The van der Waals surface area contributed by atoms with E-state index in [0.717, 1.165) is 17.7 Å². The number of benzene rings is 1. The molecule has 0 fully saturated rings. The van der Waals surface area contributed by atoms with Crippen molar-refractivity contribution < 1.29 is 18.7 Å². The van der Waals surface area contributed by atoms with Gasteiger partial charge in [-0.05, 0) is 31.0 Å². The van der Waals surface area contributed by atoms with Crippen molar-refractivity contribution in [3.8, 4) is 0 Å². The van der Waals surface area contributed by atoms with E-state index in [4.69, 9.17) is 4.74 Å². The number of hydrogen-bond donors (Lipinski definition) is 0. The Morgan fingerprint density at radius 2 is 2.15 bits per heavy atom. The Labute approximate surface area is 117 Å². The predicted octanol–water partition coefficient (Wildman–Crippen LogP) is 2.10. The van der Waals surface area contributed by atoms with E-state index in [2.05, 4.69) is 0 Å². The van der Waals surface area contributed by atoms with E-state index in [-0.39, 0.29) is 37.0 Å². The van der Waals surface area contributed by atoms with Crippen molar-refractivity contribution in [2.75, 3.05) is 24.6 Å². The van der Waals surface area contributed by atoms with Gasteiger partial charge in [-0.3, -0.25) is 9.59 Å². The zero-order valence-electron chi connectivity index (χ0n) is 11.5. The van der Waals surface area contributed by atoms with Crippen molar-refractivity contribution in [2.24, 2.45) is 0 Å². The molecule has 0 aliphatic carbocycles. The van der Waals surface area contributed by atoms with Crippen LogP contribution in [-0.2, 0) is 20.7 Å². The quantitative estimate of drug-likeness (QED) is 0.748. The predicted molar refractivity (Wildman–Crippen MR) is 73.2 cm³/mol. The maximum Gasteiger partial charge on any atom is 0.306 e. The van der Waals surface area contributed by atoms with Gasteiger partial charge in [0, 0.05) is 18.7 Å². The highest BCUT2D eigenvalue weighted by Gasteiger charge is 2.21. The molecular formula is C15H18FNO3. The van der Waals surface area contributed by atoms with Gasteiger partial charge in [0.1, 0.15) is 5.82 Å². The molecule has 2 rings (SSSR count). The van der Waals surface area contributed by atoms with Crippen molar-refractivity contribution in [2.45, 2.75) is 26.2 Å². The Kier molecular flexibility index (Phi) is 4.71. The number of Topliss-reactive ketones (excluding diaryl/α,β-unsaturated/α-hetero) is 1. The second-order valence-corrected chi connectivity index (χ2v) is 4.79. The maximum absolute atomic E-state index is 13.2. The third-order valence-electron chi connectivity index (χ3n) is 3.32. The summed E-state index contributed by atoms with van der Waals surface area (Å²) in [5, 5.41) is 0. The van der Waals surface area contributed by atoms with Gasteiger partial charge in [-0.1, -0.05) is 6.07 Å². The lowest BCUT2D eigenvalue weighted by molar-refractivity contribution is -0.144. The fourth-order valence-corrected chi connectivity index (χ4v) is 2.35. The van der Waals surface area contributed by atoms with Crippen LogP contribution in [-0.4, -0.2) is 31.4 Å². The largest absolute Gasteiger partial charge is 0.466 e. The number of carbonyl (C=O) groups excluding carboxylic acids is 2. The number of anilines is 1. The molecule has 0 N–H and O–H groups in total. The minimum Gasteiger partial charge on any atom is -0.466 e. The van der Waals surface area contributed by atoms with Crippen LogP contribution < -0.4 is 4.90 Å². The molecule has 0 aromatic heterocycles. The molecule has 0 spiro atoms. The van der Waals surface area contributed by atoms with Gasteiger partial charge in [-0.25, -0.2) is 4.39 Å². The van der Waals surface area contributed by atoms with Gasteiger partial charge >= 0.3 is 5.97 Å². The van der Waals surface area contributed by atoms with E-state index in [1.807, 2.05) is 4.90 Å². The van der Waals surface area contributed by atoms with E-state index in [9.17, 15) is 14.0 Å². The second kappa shape index (κ2) is 6.50. The van der Waals surface area contributed by atoms with Crippen molar-refractivity contribution in [1.29, 1.82) is 0 Å². The van der Waals surface area contributed by atoms with Crippen LogP contribution in [0.15, 0.2) is 18.2 Å². The first-order valence-electron chi connectivity index (χ1n) is 6.81. The molecule has 1 aliphatic heterocycles. The molecular weight excluding hydrogens is 261 g/mol. The lowest BCUT2D eigenvalue weighted by atomic mass is 10.1. The van der Waals surface area contributed by atoms with Gasteiger partial charge in [0.05, 0.1) is 19.6 Å². The highest BCUT2D eigenvalue weighted by molar-refractivity contribution is 5.87. The first kappa shape index (κ1) is 14.5. The summed E-state index contributed by atoms with van der Waals surface area (Å²) in [7, 11) is 0. The number of rotatable bonds is 6. The summed E-state index contributed by atoms with van der Waals surface area (Å²) in [6.45, 7) is 2.99. The van der Waals surface area contributed by atoms with Gasteiger partial charge in [-0.15, -0.1) is 0 Å². The molecule has 1 heterocycles. The highest BCUT2D eigenvalue weighted by Crippen LogP contribution is 2.28. The molecule has 0 saturated carbocycles. The van der Waals surface area contributed by atoms with Gasteiger partial charge in [0.2, 0.25) is 0 Å². The number of fused-ring (bicyclic) bond motifs is 1. The van der Waals surface area contributed by atoms with E-state index in [1.54, 1.807) is 13.0 Å². The Bertz CT molecular complexity index is 516. The minimum absolute atomic E-state index is 0.0323. The molecule has 0 amide bonds. The first-order valence-corrected chi connectivity index (χ1v) is 6.81. The van der Waals surface area contributed by atoms with Crippen LogP contribution in [0, 0.1) is 5.82 Å². The zero-order valence-corrected chi connectivity index (χ0v) is 11.5. The van der Waals surface area contributed by atoms with Crippen molar-refractivity contribution in [3.63, 3.8) is 0 Å². The monoisotopic (exact) mass is 279 g/mol. The topological polar surface area (TPSA) is 46.6 Å². The summed E-state index contributed by atoms with van der Waals surface area (Å²) in [4.78, 5) is 24.9. The smallest absolute Gasteiger partial charge is 0.306 e. The molecule has 20 heavy (non-hydrogen) atoms. The Hall–Kier alpha value is -1.91. The normalized spacial score (nSPS) is 13.2. The molecule has 0 bridgehead atoms. The Balaban J connectivity index is 1.88. The lowest BCUT2D eigenvalue weighted by Crippen LogP contribution is -2.28. The average Bonchev–Trinajstić information content (AvgIpc) is 2.79. The average molecular weight is 279 g/mol. The van der Waals surface area contributed by atoms with Crippen LogP contribution in [0.25, 0.3) is 0 Å². The summed E-state index contributed by atoms with van der Waals surface area (Å²) in [6, 6.07) is 4.65.